The van der Waals surface area contributed by atoms with Crippen LogP contribution in [0, 0.1) is 5.41 Å². The first-order valence-electron chi connectivity index (χ1n) is 7.99. The van der Waals surface area contributed by atoms with Gasteiger partial charge in [0, 0.05) is 13.1 Å². The molecule has 1 aromatic carbocycles. The summed E-state index contributed by atoms with van der Waals surface area (Å²) in [5.41, 5.74) is 1.37. The summed E-state index contributed by atoms with van der Waals surface area (Å²) in [6.45, 7) is 7.52. The lowest BCUT2D eigenvalue weighted by Gasteiger charge is -2.31. The van der Waals surface area contributed by atoms with Crippen LogP contribution in [0.3, 0.4) is 0 Å². The highest BCUT2D eigenvalue weighted by molar-refractivity contribution is 7.89. The van der Waals surface area contributed by atoms with Gasteiger partial charge in [-0.25, -0.2) is 8.42 Å². The zero-order valence-corrected chi connectivity index (χ0v) is 14.4. The Morgan fingerprint density at radius 3 is 2.14 bits per heavy atom. The molecule has 1 aromatic rings. The average molecular weight is 323 g/mol. The molecule has 2 atom stereocenters. The Morgan fingerprint density at radius 2 is 1.64 bits per heavy atom. The number of benzene rings is 1. The first-order valence-corrected chi connectivity index (χ1v) is 9.43. The zero-order chi connectivity index (χ0) is 16.0. The molecule has 122 valence electrons. The van der Waals surface area contributed by atoms with Crippen LogP contribution in [0.4, 0.5) is 0 Å². The van der Waals surface area contributed by atoms with E-state index in [1.165, 1.54) is 5.56 Å². The van der Waals surface area contributed by atoms with E-state index in [-0.39, 0.29) is 17.6 Å². The fourth-order valence-electron chi connectivity index (χ4n) is 3.31. The van der Waals surface area contributed by atoms with Gasteiger partial charge in [0.1, 0.15) is 0 Å². The number of hydrogen-bond acceptors (Lipinski definition) is 3. The Bertz CT molecular complexity index is 619. The molecule has 2 aliphatic rings. The lowest BCUT2D eigenvalue weighted by Crippen LogP contribution is -2.45. The van der Waals surface area contributed by atoms with Crippen LogP contribution in [-0.4, -0.2) is 38.0 Å². The highest BCUT2D eigenvalue weighted by Crippen LogP contribution is 2.30. The van der Waals surface area contributed by atoms with Gasteiger partial charge >= 0.3 is 0 Å². The van der Waals surface area contributed by atoms with Crippen LogP contribution in [0.2, 0.25) is 0 Å². The molecule has 2 saturated heterocycles. The second kappa shape index (κ2) is 5.62. The Labute approximate surface area is 133 Å². The summed E-state index contributed by atoms with van der Waals surface area (Å²) >= 11 is 0. The number of sulfonamides is 1. The van der Waals surface area contributed by atoms with Gasteiger partial charge in [0.15, 0.2) is 0 Å². The summed E-state index contributed by atoms with van der Waals surface area (Å²) in [5.74, 6) is 0. The third-order valence-corrected chi connectivity index (χ3v) is 6.15. The Kier molecular flexibility index (Phi) is 4.08. The van der Waals surface area contributed by atoms with E-state index in [1.807, 2.05) is 12.1 Å². The van der Waals surface area contributed by atoms with E-state index in [0.717, 1.165) is 19.3 Å². The molecule has 2 fully saturated rings. The van der Waals surface area contributed by atoms with Crippen molar-refractivity contribution in [1.82, 2.24) is 4.31 Å². The number of rotatable bonds is 3. The van der Waals surface area contributed by atoms with Gasteiger partial charge in [-0.05, 0) is 42.4 Å². The van der Waals surface area contributed by atoms with Crippen molar-refractivity contribution in [3.8, 4) is 0 Å². The van der Waals surface area contributed by atoms with Crippen LogP contribution >= 0.6 is 0 Å². The summed E-state index contributed by atoms with van der Waals surface area (Å²) in [6.07, 6.45) is 3.04. The Balaban J connectivity index is 1.77. The fourth-order valence-corrected chi connectivity index (χ4v) is 4.82. The normalized spacial score (nSPS) is 26.3. The highest BCUT2D eigenvalue weighted by Gasteiger charge is 2.39. The molecular formula is C17H25NO3S. The molecule has 3 rings (SSSR count). The van der Waals surface area contributed by atoms with Gasteiger partial charge in [-0.1, -0.05) is 32.9 Å². The minimum absolute atomic E-state index is 0.0775. The van der Waals surface area contributed by atoms with Crippen molar-refractivity contribution >= 4 is 10.0 Å². The van der Waals surface area contributed by atoms with E-state index in [9.17, 15) is 8.42 Å². The van der Waals surface area contributed by atoms with Crippen molar-refractivity contribution in [3.05, 3.63) is 29.8 Å². The highest BCUT2D eigenvalue weighted by atomic mass is 32.2. The van der Waals surface area contributed by atoms with Crippen molar-refractivity contribution < 1.29 is 13.2 Å². The van der Waals surface area contributed by atoms with Gasteiger partial charge in [-0.2, -0.15) is 4.31 Å². The standard InChI is InChI=1S/C17H25NO3S/c1-17(2,3)10-13-4-8-16(9-5-13)22(19,20)18-11-14-6-7-15(12-18)21-14/h4-5,8-9,14-15H,6-7,10-12H2,1-3H3. The van der Waals surface area contributed by atoms with Crippen LogP contribution < -0.4 is 0 Å². The molecule has 2 unspecified atom stereocenters. The summed E-state index contributed by atoms with van der Waals surface area (Å²) in [7, 11) is -3.39. The quantitative estimate of drug-likeness (QED) is 0.859. The van der Waals surface area contributed by atoms with Crippen LogP contribution in [-0.2, 0) is 21.2 Å². The van der Waals surface area contributed by atoms with Gasteiger partial charge in [-0.3, -0.25) is 0 Å². The third-order valence-electron chi connectivity index (χ3n) is 4.31. The lowest BCUT2D eigenvalue weighted by molar-refractivity contribution is -0.0114. The molecule has 2 heterocycles. The van der Waals surface area contributed by atoms with E-state index >= 15 is 0 Å². The molecule has 0 aromatic heterocycles. The van der Waals surface area contributed by atoms with E-state index < -0.39 is 10.0 Å². The minimum atomic E-state index is -3.39. The topological polar surface area (TPSA) is 46.6 Å². The Hall–Kier alpha value is -0.910. The summed E-state index contributed by atoms with van der Waals surface area (Å²) < 4.78 is 32.9. The molecule has 0 radical (unpaired) electrons. The van der Waals surface area contributed by atoms with Crippen LogP contribution in [0.15, 0.2) is 29.2 Å². The van der Waals surface area contributed by atoms with Crippen LogP contribution in [0.25, 0.3) is 0 Å². The number of morpholine rings is 1. The van der Waals surface area contributed by atoms with Crippen molar-refractivity contribution in [2.45, 2.75) is 57.1 Å². The molecule has 0 N–H and O–H groups in total. The summed E-state index contributed by atoms with van der Waals surface area (Å²) in [6, 6.07) is 7.36. The fraction of sp³-hybridized carbons (Fsp3) is 0.647. The first kappa shape index (κ1) is 16.0. The number of fused-ring (bicyclic) bond motifs is 2. The van der Waals surface area contributed by atoms with Gasteiger partial charge in [0.25, 0.3) is 0 Å². The molecule has 0 spiro atoms. The molecular weight excluding hydrogens is 298 g/mol. The molecule has 0 aliphatic carbocycles. The number of nitrogens with zero attached hydrogens (tertiary/aromatic N) is 1. The molecule has 22 heavy (non-hydrogen) atoms. The van der Waals surface area contributed by atoms with Gasteiger partial charge in [0.05, 0.1) is 17.1 Å². The Morgan fingerprint density at radius 1 is 1.09 bits per heavy atom. The maximum Gasteiger partial charge on any atom is 0.243 e. The molecule has 2 bridgehead atoms. The van der Waals surface area contributed by atoms with Gasteiger partial charge < -0.3 is 4.74 Å². The molecule has 5 heteroatoms. The van der Waals surface area contributed by atoms with E-state index in [0.29, 0.717) is 18.0 Å². The lowest BCUT2D eigenvalue weighted by atomic mass is 9.88. The summed E-state index contributed by atoms with van der Waals surface area (Å²) in [4.78, 5) is 0.395. The van der Waals surface area contributed by atoms with Gasteiger partial charge in [-0.15, -0.1) is 0 Å². The second-order valence-electron chi connectivity index (χ2n) is 7.66. The van der Waals surface area contributed by atoms with Crippen molar-refractivity contribution in [3.63, 3.8) is 0 Å². The van der Waals surface area contributed by atoms with Crippen LogP contribution in [0.1, 0.15) is 39.2 Å². The monoisotopic (exact) mass is 323 g/mol. The van der Waals surface area contributed by atoms with Crippen molar-refractivity contribution in [2.75, 3.05) is 13.1 Å². The second-order valence-corrected chi connectivity index (χ2v) is 9.60. The number of hydrogen-bond donors (Lipinski definition) is 0. The van der Waals surface area contributed by atoms with E-state index in [4.69, 9.17) is 4.74 Å². The summed E-state index contributed by atoms with van der Waals surface area (Å²) in [5, 5.41) is 0. The van der Waals surface area contributed by atoms with E-state index in [1.54, 1.807) is 16.4 Å². The van der Waals surface area contributed by atoms with Crippen molar-refractivity contribution in [1.29, 1.82) is 0 Å². The van der Waals surface area contributed by atoms with Crippen LogP contribution in [0.5, 0.6) is 0 Å². The third kappa shape index (κ3) is 3.36. The maximum atomic E-state index is 12.8. The maximum absolute atomic E-state index is 12.8. The minimum Gasteiger partial charge on any atom is -0.372 e. The van der Waals surface area contributed by atoms with Gasteiger partial charge in [0.2, 0.25) is 10.0 Å². The average Bonchev–Trinajstić information content (AvgIpc) is 2.76. The largest absolute Gasteiger partial charge is 0.372 e. The SMILES string of the molecule is CC(C)(C)Cc1ccc(S(=O)(=O)N2CC3CCC(C2)O3)cc1. The molecule has 4 nitrogen and oxygen atoms in total. The molecule has 2 aliphatic heterocycles. The number of ether oxygens (including phenoxy) is 1. The smallest absolute Gasteiger partial charge is 0.243 e. The predicted molar refractivity (Wildman–Crippen MR) is 86.3 cm³/mol. The molecule has 0 amide bonds. The van der Waals surface area contributed by atoms with E-state index in [2.05, 4.69) is 20.8 Å². The zero-order valence-electron chi connectivity index (χ0n) is 13.6. The molecule has 0 saturated carbocycles. The predicted octanol–water partition coefficient (Wildman–Crippen LogP) is 2.83. The first-order chi connectivity index (χ1) is 10.2. The van der Waals surface area contributed by atoms with Crippen molar-refractivity contribution in [2.24, 2.45) is 5.41 Å².